The van der Waals surface area contributed by atoms with Crippen LogP contribution in [0.15, 0.2) is 24.3 Å². The van der Waals surface area contributed by atoms with Gasteiger partial charge in [0.2, 0.25) is 5.91 Å². The Hall–Kier alpha value is -2.02. The minimum atomic E-state index is -1.05. The molecule has 3 rings (SSSR count). The van der Waals surface area contributed by atoms with Crippen LogP contribution >= 0.6 is 11.8 Å². The number of hydrogen-bond donors (Lipinski definition) is 2. The number of aliphatic carboxylic acids is 1. The van der Waals surface area contributed by atoms with Gasteiger partial charge in [0, 0.05) is 10.3 Å². The number of carbonyl (C=O) groups is 3. The summed E-state index contributed by atoms with van der Waals surface area (Å²) in [4.78, 5) is 39.2. The van der Waals surface area contributed by atoms with Gasteiger partial charge in [-0.05, 0) is 31.4 Å². The molecular formula is C19H24N2O4S. The second-order valence-corrected chi connectivity index (χ2v) is 9.22. The van der Waals surface area contributed by atoms with E-state index in [-0.39, 0.29) is 17.2 Å². The molecule has 1 saturated heterocycles. The van der Waals surface area contributed by atoms with Crippen molar-refractivity contribution in [1.82, 2.24) is 10.2 Å². The van der Waals surface area contributed by atoms with Crippen LogP contribution in [0.4, 0.5) is 0 Å². The van der Waals surface area contributed by atoms with Gasteiger partial charge in [0.15, 0.2) is 0 Å². The van der Waals surface area contributed by atoms with Crippen molar-refractivity contribution < 1.29 is 19.5 Å². The number of carboxylic acids is 1. The van der Waals surface area contributed by atoms with Gasteiger partial charge < -0.3 is 15.3 Å². The number of fused-ring (bicyclic) bond motifs is 3. The third-order valence-corrected chi connectivity index (χ3v) is 6.86. The van der Waals surface area contributed by atoms with Crippen LogP contribution in [0, 0.1) is 5.92 Å². The van der Waals surface area contributed by atoms with Crippen LogP contribution in [0.3, 0.4) is 0 Å². The summed E-state index contributed by atoms with van der Waals surface area (Å²) in [5.74, 6) is -1.82. The number of amides is 2. The Morgan fingerprint density at radius 2 is 2.00 bits per heavy atom. The number of benzene rings is 1. The minimum absolute atomic E-state index is 0.167. The maximum atomic E-state index is 13.1. The summed E-state index contributed by atoms with van der Waals surface area (Å²) in [6.07, 6.45) is 0.636. The highest BCUT2D eigenvalue weighted by Crippen LogP contribution is 2.56. The molecule has 2 amide bonds. The number of nitrogens with one attached hydrogen (secondary N) is 1. The molecule has 0 saturated carbocycles. The fourth-order valence-corrected chi connectivity index (χ4v) is 5.31. The molecule has 0 unspecified atom stereocenters. The molecule has 0 aromatic heterocycles. The summed E-state index contributed by atoms with van der Waals surface area (Å²) < 4.78 is -0.517. The summed E-state index contributed by atoms with van der Waals surface area (Å²) in [7, 11) is 0. The molecule has 0 spiro atoms. The number of rotatable bonds is 5. The van der Waals surface area contributed by atoms with Gasteiger partial charge in [0.25, 0.3) is 5.91 Å². The van der Waals surface area contributed by atoms with Crippen LogP contribution in [0.5, 0.6) is 0 Å². The average Bonchev–Trinajstić information content (AvgIpc) is 3.02. The van der Waals surface area contributed by atoms with Crippen LogP contribution in [0.2, 0.25) is 0 Å². The van der Waals surface area contributed by atoms with Crippen molar-refractivity contribution in [1.29, 1.82) is 0 Å². The van der Waals surface area contributed by atoms with Crippen molar-refractivity contribution in [2.45, 2.75) is 56.3 Å². The average molecular weight is 376 g/mol. The summed E-state index contributed by atoms with van der Waals surface area (Å²) in [5.41, 5.74) is 1.54. The van der Waals surface area contributed by atoms with Crippen LogP contribution in [0.1, 0.15) is 55.4 Å². The Labute approximate surface area is 157 Å². The molecule has 1 aromatic carbocycles. The third kappa shape index (κ3) is 2.88. The van der Waals surface area contributed by atoms with Gasteiger partial charge >= 0.3 is 5.97 Å². The Balaban J connectivity index is 1.91. The molecule has 0 aliphatic carbocycles. The van der Waals surface area contributed by atoms with E-state index in [0.717, 1.165) is 5.56 Å². The zero-order valence-electron chi connectivity index (χ0n) is 15.4. The van der Waals surface area contributed by atoms with Crippen LogP contribution in [-0.4, -0.2) is 44.6 Å². The van der Waals surface area contributed by atoms with Crippen molar-refractivity contribution >= 4 is 29.5 Å². The van der Waals surface area contributed by atoms with E-state index >= 15 is 0 Å². The van der Waals surface area contributed by atoms with E-state index in [2.05, 4.69) is 5.32 Å². The van der Waals surface area contributed by atoms with Gasteiger partial charge in [-0.25, -0.2) is 4.79 Å². The van der Waals surface area contributed by atoms with Gasteiger partial charge in [0.1, 0.15) is 17.5 Å². The molecular weight excluding hydrogens is 352 g/mol. The van der Waals surface area contributed by atoms with Gasteiger partial charge in [-0.2, -0.15) is 0 Å². The topological polar surface area (TPSA) is 86.7 Å². The maximum Gasteiger partial charge on any atom is 0.326 e. The van der Waals surface area contributed by atoms with E-state index in [4.69, 9.17) is 0 Å². The molecule has 0 radical (unpaired) electrons. The van der Waals surface area contributed by atoms with Gasteiger partial charge in [-0.15, -0.1) is 11.8 Å². The van der Waals surface area contributed by atoms with Gasteiger partial charge in [0.05, 0.1) is 0 Å². The number of thioether (sulfide) groups is 1. The quantitative estimate of drug-likeness (QED) is 0.825. The normalized spacial score (nSPS) is 25.4. The smallest absolute Gasteiger partial charge is 0.326 e. The SMILES string of the molecule is CC[C@H](C)[C@H](NC(=O)[C@H]1N2C(=O)c3ccccc3[C@@H]2SC1(C)C)C(=O)O. The third-order valence-electron chi connectivity index (χ3n) is 5.32. The van der Waals surface area contributed by atoms with Gasteiger partial charge in [-0.1, -0.05) is 38.5 Å². The number of nitrogens with zero attached hydrogens (tertiary/aromatic N) is 1. The first-order valence-electron chi connectivity index (χ1n) is 8.81. The Kier molecular flexibility index (Phi) is 4.77. The van der Waals surface area contributed by atoms with Crippen LogP contribution in [-0.2, 0) is 9.59 Å². The molecule has 2 aliphatic heterocycles. The van der Waals surface area contributed by atoms with E-state index in [1.54, 1.807) is 29.7 Å². The first-order chi connectivity index (χ1) is 12.2. The monoisotopic (exact) mass is 376 g/mol. The maximum absolute atomic E-state index is 13.1. The zero-order chi connectivity index (χ0) is 19.2. The highest BCUT2D eigenvalue weighted by molar-refractivity contribution is 8.01. The molecule has 4 atom stereocenters. The Morgan fingerprint density at radius 1 is 1.35 bits per heavy atom. The second-order valence-electron chi connectivity index (χ2n) is 7.49. The standard InChI is InChI=1S/C19H24N2O4S/c1-5-10(2)13(18(24)25)20-15(22)14-19(3,4)26-17-12-9-7-6-8-11(12)16(23)21(14)17/h6-10,13-14,17H,5H2,1-4H3,(H,20,22)(H,24,25)/t10-,13-,14+,17-/m0/s1. The summed E-state index contributed by atoms with van der Waals surface area (Å²) in [6.45, 7) is 7.54. The number of carboxylic acid groups (broad SMARTS) is 1. The molecule has 7 heteroatoms. The van der Waals surface area contributed by atoms with Crippen molar-refractivity contribution in [3.63, 3.8) is 0 Å². The number of hydrogen-bond acceptors (Lipinski definition) is 4. The molecule has 6 nitrogen and oxygen atoms in total. The van der Waals surface area contributed by atoms with Crippen molar-refractivity contribution in [3.05, 3.63) is 35.4 Å². The number of carbonyl (C=O) groups excluding carboxylic acids is 2. The van der Waals surface area contributed by atoms with E-state index in [0.29, 0.717) is 12.0 Å². The Morgan fingerprint density at radius 3 is 2.62 bits per heavy atom. The minimum Gasteiger partial charge on any atom is -0.480 e. The summed E-state index contributed by atoms with van der Waals surface area (Å²) in [5, 5.41) is 11.9. The largest absolute Gasteiger partial charge is 0.480 e. The highest BCUT2D eigenvalue weighted by atomic mass is 32.2. The first kappa shape index (κ1) is 18.8. The summed E-state index contributed by atoms with van der Waals surface area (Å²) >= 11 is 1.57. The molecule has 0 bridgehead atoms. The van der Waals surface area contributed by atoms with Crippen molar-refractivity contribution in [2.24, 2.45) is 5.92 Å². The van der Waals surface area contributed by atoms with Crippen LogP contribution in [0.25, 0.3) is 0 Å². The molecule has 1 fully saturated rings. The lowest BCUT2D eigenvalue weighted by molar-refractivity contribution is -0.144. The van der Waals surface area contributed by atoms with E-state index in [1.807, 2.05) is 39.0 Å². The predicted octanol–water partition coefficient (Wildman–Crippen LogP) is 2.65. The van der Waals surface area contributed by atoms with E-state index in [1.165, 1.54) is 0 Å². The lowest BCUT2D eigenvalue weighted by Gasteiger charge is -2.31. The fourth-order valence-electron chi connectivity index (χ4n) is 3.72. The van der Waals surface area contributed by atoms with Gasteiger partial charge in [-0.3, -0.25) is 9.59 Å². The summed E-state index contributed by atoms with van der Waals surface area (Å²) in [6, 6.07) is 5.71. The van der Waals surface area contributed by atoms with Crippen LogP contribution < -0.4 is 5.32 Å². The van der Waals surface area contributed by atoms with E-state index < -0.39 is 28.7 Å². The molecule has 140 valence electrons. The zero-order valence-corrected chi connectivity index (χ0v) is 16.2. The molecule has 1 aromatic rings. The highest BCUT2D eigenvalue weighted by Gasteiger charge is 2.57. The second kappa shape index (κ2) is 6.61. The molecule has 2 heterocycles. The fraction of sp³-hybridized carbons (Fsp3) is 0.526. The van der Waals surface area contributed by atoms with Crippen molar-refractivity contribution in [3.8, 4) is 0 Å². The molecule has 2 aliphatic rings. The lowest BCUT2D eigenvalue weighted by atomic mass is 9.96. The lowest BCUT2D eigenvalue weighted by Crippen LogP contribution is -2.56. The van der Waals surface area contributed by atoms with E-state index in [9.17, 15) is 19.5 Å². The molecule has 2 N–H and O–H groups in total. The molecule has 26 heavy (non-hydrogen) atoms. The predicted molar refractivity (Wildman–Crippen MR) is 99.8 cm³/mol. The Bertz CT molecular complexity index is 764. The first-order valence-corrected chi connectivity index (χ1v) is 9.69. The van der Waals surface area contributed by atoms with Crippen molar-refractivity contribution in [2.75, 3.05) is 0 Å².